The van der Waals surface area contributed by atoms with Gasteiger partial charge in [-0.2, -0.15) is 0 Å². The molecule has 4 aromatic rings. The Morgan fingerprint density at radius 1 is 1.03 bits per heavy atom. The lowest BCUT2D eigenvalue weighted by atomic mass is 9.93. The summed E-state index contributed by atoms with van der Waals surface area (Å²) in [6.07, 6.45) is 0.935. The number of halogens is 1. The normalized spacial score (nSPS) is 14.6. The number of methoxy groups -OCH3 is 2. The summed E-state index contributed by atoms with van der Waals surface area (Å²) in [5.74, 6) is 2.15. The van der Waals surface area contributed by atoms with Crippen LogP contribution in [-0.4, -0.2) is 30.7 Å². The second kappa shape index (κ2) is 10.5. The van der Waals surface area contributed by atoms with Crippen LogP contribution in [0, 0.1) is 17.0 Å². The van der Waals surface area contributed by atoms with Crippen LogP contribution >= 0.6 is 12.4 Å². The fourth-order valence-corrected chi connectivity index (χ4v) is 4.79. The van der Waals surface area contributed by atoms with Crippen LogP contribution in [0.3, 0.4) is 0 Å². The molecule has 5 rings (SSSR count). The van der Waals surface area contributed by atoms with Gasteiger partial charge in [0.25, 0.3) is 5.69 Å². The Morgan fingerprint density at radius 3 is 2.56 bits per heavy atom. The highest BCUT2D eigenvalue weighted by Gasteiger charge is 2.26. The Kier molecular flexibility index (Phi) is 7.37. The van der Waals surface area contributed by atoms with E-state index in [9.17, 15) is 10.1 Å². The first kappa shape index (κ1) is 25.3. The molecule has 3 aromatic carbocycles. The van der Waals surface area contributed by atoms with Gasteiger partial charge in [-0.15, -0.1) is 12.4 Å². The molecule has 1 aromatic heterocycles. The molecule has 188 valence electrons. The average Bonchev–Trinajstić information content (AvgIpc) is 3.25. The van der Waals surface area contributed by atoms with Crippen molar-refractivity contribution in [2.45, 2.75) is 26.0 Å². The van der Waals surface area contributed by atoms with Gasteiger partial charge in [-0.05, 0) is 66.9 Å². The number of hydrogen-bond acceptors (Lipinski definition) is 6. The first-order valence-corrected chi connectivity index (χ1v) is 11.4. The van der Waals surface area contributed by atoms with Crippen molar-refractivity contribution in [3.8, 4) is 17.2 Å². The second-order valence-corrected chi connectivity index (χ2v) is 8.63. The Morgan fingerprint density at radius 2 is 1.83 bits per heavy atom. The number of rotatable bonds is 7. The van der Waals surface area contributed by atoms with Crippen LogP contribution in [0.4, 0.5) is 5.69 Å². The van der Waals surface area contributed by atoms with Crippen LogP contribution in [0.15, 0.2) is 54.6 Å². The number of nitro benzene ring substituents is 1. The van der Waals surface area contributed by atoms with E-state index in [0.717, 1.165) is 46.8 Å². The quantitative estimate of drug-likeness (QED) is 0.247. The van der Waals surface area contributed by atoms with Crippen molar-refractivity contribution in [3.05, 3.63) is 92.7 Å². The van der Waals surface area contributed by atoms with Gasteiger partial charge in [0.2, 0.25) is 0 Å². The van der Waals surface area contributed by atoms with Gasteiger partial charge in [-0.3, -0.25) is 10.1 Å². The van der Waals surface area contributed by atoms with Gasteiger partial charge < -0.3 is 24.5 Å². The molecule has 0 aliphatic carbocycles. The van der Waals surface area contributed by atoms with E-state index in [-0.39, 0.29) is 30.7 Å². The van der Waals surface area contributed by atoms with E-state index in [0.29, 0.717) is 11.3 Å². The van der Waals surface area contributed by atoms with Crippen LogP contribution in [0.1, 0.15) is 34.0 Å². The van der Waals surface area contributed by atoms with Crippen LogP contribution in [0.2, 0.25) is 0 Å². The summed E-state index contributed by atoms with van der Waals surface area (Å²) in [5, 5.41) is 15.9. The fraction of sp³-hybridized carbons (Fsp3) is 0.259. The van der Waals surface area contributed by atoms with Gasteiger partial charge in [-0.1, -0.05) is 6.07 Å². The van der Waals surface area contributed by atoms with Gasteiger partial charge >= 0.3 is 0 Å². The summed E-state index contributed by atoms with van der Waals surface area (Å²) in [6.45, 7) is 2.84. The molecular formula is C27H28ClN3O5. The molecule has 0 amide bonds. The highest BCUT2D eigenvalue weighted by Crippen LogP contribution is 2.36. The van der Waals surface area contributed by atoms with Crippen molar-refractivity contribution in [3.63, 3.8) is 0 Å². The molecule has 1 aliphatic rings. The summed E-state index contributed by atoms with van der Waals surface area (Å²) in [5.41, 5.74) is 6.18. The highest BCUT2D eigenvalue weighted by atomic mass is 35.5. The minimum Gasteiger partial charge on any atom is -0.497 e. The van der Waals surface area contributed by atoms with Gasteiger partial charge in [-0.25, -0.2) is 0 Å². The lowest BCUT2D eigenvalue weighted by molar-refractivity contribution is -0.385. The van der Waals surface area contributed by atoms with Crippen molar-refractivity contribution < 1.29 is 19.1 Å². The van der Waals surface area contributed by atoms with Crippen molar-refractivity contribution in [1.82, 2.24) is 10.3 Å². The van der Waals surface area contributed by atoms with E-state index in [1.165, 1.54) is 17.0 Å². The van der Waals surface area contributed by atoms with Gasteiger partial charge in [0.1, 0.15) is 23.9 Å². The lowest BCUT2D eigenvalue weighted by Gasteiger charge is -2.25. The SMILES string of the molecule is COc1ccc2[nH]c3c(c2c1)CCNC3c1ccc(OC)c(COc2ccc([N+](=O)[O-])c(C)c2)c1.Cl. The Labute approximate surface area is 215 Å². The molecule has 2 N–H and O–H groups in total. The Bertz CT molecular complexity index is 1420. The second-order valence-electron chi connectivity index (χ2n) is 8.63. The van der Waals surface area contributed by atoms with Crippen molar-refractivity contribution in [1.29, 1.82) is 0 Å². The summed E-state index contributed by atoms with van der Waals surface area (Å²) in [4.78, 5) is 14.3. The molecule has 1 atom stereocenters. The van der Waals surface area contributed by atoms with E-state index in [1.54, 1.807) is 33.3 Å². The molecule has 9 heteroatoms. The molecule has 2 heterocycles. The molecule has 0 bridgehead atoms. The number of aryl methyl sites for hydroxylation is 1. The number of aromatic amines is 1. The third-order valence-electron chi connectivity index (χ3n) is 6.56. The molecule has 0 saturated heterocycles. The minimum absolute atomic E-state index is 0. The van der Waals surface area contributed by atoms with Crippen molar-refractivity contribution >= 4 is 29.0 Å². The summed E-state index contributed by atoms with van der Waals surface area (Å²) in [7, 11) is 3.32. The standard InChI is InChI=1S/C27H27N3O5.ClH/c1-16-12-20(6-8-24(16)30(31)32)35-15-18-13-17(4-9-25(18)34-3)26-27-21(10-11-28-26)22-14-19(33-2)5-7-23(22)29-27;/h4-9,12-14,26,28-29H,10-11,15H2,1-3H3;1H. The molecule has 36 heavy (non-hydrogen) atoms. The number of nitro groups is 1. The molecule has 1 aliphatic heterocycles. The van der Waals surface area contributed by atoms with E-state index < -0.39 is 4.92 Å². The third kappa shape index (κ3) is 4.69. The Balaban J connectivity index is 0.00000304. The largest absolute Gasteiger partial charge is 0.497 e. The average molecular weight is 510 g/mol. The van der Waals surface area contributed by atoms with E-state index in [4.69, 9.17) is 14.2 Å². The zero-order chi connectivity index (χ0) is 24.5. The van der Waals surface area contributed by atoms with Gasteiger partial charge in [0, 0.05) is 40.3 Å². The highest BCUT2D eigenvalue weighted by molar-refractivity contribution is 5.86. The van der Waals surface area contributed by atoms with Crippen LogP contribution in [-0.2, 0) is 13.0 Å². The summed E-state index contributed by atoms with van der Waals surface area (Å²) >= 11 is 0. The molecule has 0 fully saturated rings. The first-order valence-electron chi connectivity index (χ1n) is 11.4. The van der Waals surface area contributed by atoms with E-state index in [1.807, 2.05) is 12.1 Å². The van der Waals surface area contributed by atoms with Crippen LogP contribution in [0.25, 0.3) is 10.9 Å². The number of nitrogens with zero attached hydrogens (tertiary/aromatic N) is 1. The van der Waals surface area contributed by atoms with Gasteiger partial charge in [0.15, 0.2) is 0 Å². The molecule has 0 spiro atoms. The number of hydrogen-bond donors (Lipinski definition) is 2. The predicted molar refractivity (Wildman–Crippen MR) is 141 cm³/mol. The number of nitrogens with one attached hydrogen (secondary N) is 2. The molecule has 8 nitrogen and oxygen atoms in total. The fourth-order valence-electron chi connectivity index (χ4n) is 4.79. The molecule has 0 radical (unpaired) electrons. The Hall–Kier alpha value is -3.75. The number of aromatic nitrogens is 1. The van der Waals surface area contributed by atoms with Gasteiger partial charge in [0.05, 0.1) is 25.2 Å². The minimum atomic E-state index is -0.392. The third-order valence-corrected chi connectivity index (χ3v) is 6.56. The maximum Gasteiger partial charge on any atom is 0.272 e. The smallest absolute Gasteiger partial charge is 0.272 e. The summed E-state index contributed by atoms with van der Waals surface area (Å²) < 4.78 is 17.0. The monoisotopic (exact) mass is 509 g/mol. The molecule has 0 saturated carbocycles. The van der Waals surface area contributed by atoms with E-state index >= 15 is 0 Å². The summed E-state index contributed by atoms with van der Waals surface area (Å²) in [6, 6.07) is 17.0. The number of ether oxygens (including phenoxy) is 3. The van der Waals surface area contributed by atoms with Crippen LogP contribution < -0.4 is 19.5 Å². The topological polar surface area (TPSA) is 98.7 Å². The number of fused-ring (bicyclic) bond motifs is 3. The maximum atomic E-state index is 11.1. The zero-order valence-electron chi connectivity index (χ0n) is 20.3. The molecular weight excluding hydrogens is 482 g/mol. The first-order chi connectivity index (χ1) is 17.0. The number of H-pyrrole nitrogens is 1. The maximum absolute atomic E-state index is 11.1. The van der Waals surface area contributed by atoms with Crippen LogP contribution in [0.5, 0.6) is 17.2 Å². The van der Waals surface area contributed by atoms with Crippen molar-refractivity contribution in [2.75, 3.05) is 20.8 Å². The zero-order valence-corrected chi connectivity index (χ0v) is 21.1. The predicted octanol–water partition coefficient (Wildman–Crippen LogP) is 5.64. The molecule has 1 unspecified atom stereocenters. The number of benzene rings is 3. The van der Waals surface area contributed by atoms with E-state index in [2.05, 4.69) is 34.6 Å². The lowest BCUT2D eigenvalue weighted by Crippen LogP contribution is -2.30. The van der Waals surface area contributed by atoms with Crippen molar-refractivity contribution in [2.24, 2.45) is 0 Å².